The number of para-hydroxylation sites is 1. The van der Waals surface area contributed by atoms with Gasteiger partial charge in [-0.05, 0) is 24.6 Å². The van der Waals surface area contributed by atoms with Crippen molar-refractivity contribution in [3.8, 4) is 0 Å². The smallest absolute Gasteiger partial charge is 0.251 e. The van der Waals surface area contributed by atoms with Crippen molar-refractivity contribution in [2.24, 2.45) is 7.05 Å². The van der Waals surface area contributed by atoms with Crippen LogP contribution in [0.25, 0.3) is 6.08 Å². The first-order valence-corrected chi connectivity index (χ1v) is 8.25. The lowest BCUT2D eigenvalue weighted by Gasteiger charge is -2.20. The average molecular weight is 313 g/mol. The maximum atomic E-state index is 12.6. The summed E-state index contributed by atoms with van der Waals surface area (Å²) in [6, 6.07) is 8.13. The maximum Gasteiger partial charge on any atom is 0.251 e. The fourth-order valence-corrected chi connectivity index (χ4v) is 3.61. The molecule has 0 spiro atoms. The predicted molar refractivity (Wildman–Crippen MR) is 91.0 cm³/mol. The Morgan fingerprint density at radius 2 is 2.23 bits per heavy atom. The minimum Gasteiger partial charge on any atom is -0.308 e. The lowest BCUT2D eigenvalue weighted by atomic mass is 10.2. The van der Waals surface area contributed by atoms with Crippen molar-refractivity contribution in [3.63, 3.8) is 0 Å². The summed E-state index contributed by atoms with van der Waals surface area (Å²) in [6.45, 7) is 2.96. The van der Waals surface area contributed by atoms with Crippen LogP contribution in [0.2, 0.25) is 0 Å². The highest BCUT2D eigenvalue weighted by atomic mass is 32.2. The van der Waals surface area contributed by atoms with Crippen LogP contribution in [-0.2, 0) is 11.8 Å². The summed E-state index contributed by atoms with van der Waals surface area (Å²) in [7, 11) is 1.86. The molecule has 22 heavy (non-hydrogen) atoms. The molecule has 2 heterocycles. The molecular formula is C17H19N3OS. The predicted octanol–water partition coefficient (Wildman–Crippen LogP) is 3.35. The second kappa shape index (κ2) is 6.40. The second-order valence-corrected chi connectivity index (χ2v) is 6.94. The van der Waals surface area contributed by atoms with Crippen molar-refractivity contribution in [1.29, 1.82) is 0 Å². The van der Waals surface area contributed by atoms with E-state index in [4.69, 9.17) is 0 Å². The highest BCUT2D eigenvalue weighted by Crippen LogP contribution is 2.37. The molecule has 0 saturated heterocycles. The lowest BCUT2D eigenvalue weighted by molar-refractivity contribution is -0.114. The highest BCUT2D eigenvalue weighted by Gasteiger charge is 2.22. The maximum absolute atomic E-state index is 12.6. The van der Waals surface area contributed by atoms with Crippen molar-refractivity contribution < 1.29 is 4.79 Å². The van der Waals surface area contributed by atoms with E-state index in [2.05, 4.69) is 18.1 Å². The van der Waals surface area contributed by atoms with Crippen LogP contribution in [0, 0.1) is 0 Å². The third-order valence-electron chi connectivity index (χ3n) is 3.65. The van der Waals surface area contributed by atoms with Gasteiger partial charge in [-0.2, -0.15) is 5.10 Å². The number of hydrogen-bond donors (Lipinski definition) is 0. The molecule has 5 heteroatoms. The van der Waals surface area contributed by atoms with Crippen LogP contribution >= 0.6 is 11.8 Å². The Kier molecular flexibility index (Phi) is 4.34. The molecule has 3 rings (SSSR count). The zero-order valence-electron chi connectivity index (χ0n) is 12.8. The minimum atomic E-state index is 0.0194. The second-order valence-electron chi connectivity index (χ2n) is 5.46. The van der Waals surface area contributed by atoms with Gasteiger partial charge in [-0.15, -0.1) is 11.8 Å². The van der Waals surface area contributed by atoms with Gasteiger partial charge >= 0.3 is 0 Å². The number of fused-ring (bicyclic) bond motifs is 1. The monoisotopic (exact) mass is 313 g/mol. The van der Waals surface area contributed by atoms with Crippen molar-refractivity contribution in [2.45, 2.75) is 23.5 Å². The SMILES string of the molecule is C[C@@H]1CCN(C(=O)/C=C/c2cnn(C)c2)c2ccccc2S1. The molecule has 0 unspecified atom stereocenters. The van der Waals surface area contributed by atoms with Gasteiger partial charge < -0.3 is 4.90 Å². The van der Waals surface area contributed by atoms with Crippen LogP contribution in [0.4, 0.5) is 5.69 Å². The number of hydrogen-bond acceptors (Lipinski definition) is 3. The summed E-state index contributed by atoms with van der Waals surface area (Å²) in [4.78, 5) is 15.7. The molecule has 0 radical (unpaired) electrons. The van der Waals surface area contributed by atoms with Crippen molar-refractivity contribution >= 4 is 29.4 Å². The Labute approximate surface area is 134 Å². The summed E-state index contributed by atoms with van der Waals surface area (Å²) in [6.07, 6.45) is 8.08. The number of anilines is 1. The first-order chi connectivity index (χ1) is 10.6. The molecule has 0 N–H and O–H groups in total. The van der Waals surface area contributed by atoms with Crippen LogP contribution in [0.1, 0.15) is 18.9 Å². The zero-order chi connectivity index (χ0) is 15.5. The van der Waals surface area contributed by atoms with Gasteiger partial charge in [0.2, 0.25) is 0 Å². The van der Waals surface area contributed by atoms with E-state index in [0.29, 0.717) is 5.25 Å². The number of benzene rings is 1. The quantitative estimate of drug-likeness (QED) is 0.798. The summed E-state index contributed by atoms with van der Waals surface area (Å²) < 4.78 is 1.73. The van der Waals surface area contributed by atoms with E-state index in [-0.39, 0.29) is 5.91 Å². The molecule has 4 nitrogen and oxygen atoms in total. The molecule has 0 bridgehead atoms. The lowest BCUT2D eigenvalue weighted by Crippen LogP contribution is -2.30. The molecule has 1 aliphatic rings. The standard InChI is InChI=1S/C17H19N3OS/c1-13-9-10-20(15-5-3-4-6-16(15)22-13)17(21)8-7-14-11-18-19(2)12-14/h3-8,11-13H,9-10H2,1-2H3/b8-7+/t13-/m1/s1. The third-order valence-corrected chi connectivity index (χ3v) is 4.89. The van der Waals surface area contributed by atoms with Crippen LogP contribution in [0.3, 0.4) is 0 Å². The Balaban J connectivity index is 1.84. The van der Waals surface area contributed by atoms with E-state index in [1.807, 2.05) is 54.2 Å². The van der Waals surface area contributed by atoms with Gasteiger partial charge in [-0.3, -0.25) is 9.48 Å². The fourth-order valence-electron chi connectivity index (χ4n) is 2.50. The number of amides is 1. The van der Waals surface area contributed by atoms with E-state index in [0.717, 1.165) is 24.2 Å². The van der Waals surface area contributed by atoms with E-state index >= 15 is 0 Å². The van der Waals surface area contributed by atoms with Crippen LogP contribution in [0.5, 0.6) is 0 Å². The van der Waals surface area contributed by atoms with Crippen LogP contribution in [0.15, 0.2) is 47.6 Å². The third kappa shape index (κ3) is 3.25. The molecule has 0 fully saturated rings. The van der Waals surface area contributed by atoms with E-state index < -0.39 is 0 Å². The topological polar surface area (TPSA) is 38.1 Å². The number of thioether (sulfide) groups is 1. The summed E-state index contributed by atoms with van der Waals surface area (Å²) in [5, 5.41) is 4.62. The Hall–Kier alpha value is -2.01. The average Bonchev–Trinajstić information content (AvgIpc) is 2.84. The molecule has 0 saturated carbocycles. The number of nitrogens with zero attached hydrogens (tertiary/aromatic N) is 3. The molecule has 2 aromatic rings. The molecular weight excluding hydrogens is 294 g/mol. The van der Waals surface area contributed by atoms with Crippen LogP contribution < -0.4 is 4.90 Å². The normalized spacial score (nSPS) is 18.3. The summed E-state index contributed by atoms with van der Waals surface area (Å²) in [5.41, 5.74) is 1.94. The number of aryl methyl sites for hydroxylation is 1. The minimum absolute atomic E-state index is 0.0194. The van der Waals surface area contributed by atoms with Gasteiger partial charge in [0, 0.05) is 41.6 Å². The van der Waals surface area contributed by atoms with Gasteiger partial charge in [-0.1, -0.05) is 19.1 Å². The summed E-state index contributed by atoms with van der Waals surface area (Å²) in [5.74, 6) is 0.0194. The van der Waals surface area contributed by atoms with E-state index in [9.17, 15) is 4.79 Å². The number of rotatable bonds is 2. The van der Waals surface area contributed by atoms with E-state index in [1.165, 1.54) is 4.90 Å². The zero-order valence-corrected chi connectivity index (χ0v) is 13.6. The highest BCUT2D eigenvalue weighted by molar-refractivity contribution is 8.00. The Morgan fingerprint density at radius 1 is 1.41 bits per heavy atom. The van der Waals surface area contributed by atoms with Gasteiger partial charge in [0.05, 0.1) is 11.9 Å². The molecule has 1 amide bonds. The molecule has 1 aliphatic heterocycles. The molecule has 1 aromatic carbocycles. The Morgan fingerprint density at radius 3 is 3.00 bits per heavy atom. The van der Waals surface area contributed by atoms with Crippen molar-refractivity contribution in [3.05, 3.63) is 48.3 Å². The summed E-state index contributed by atoms with van der Waals surface area (Å²) >= 11 is 1.84. The fraction of sp³-hybridized carbons (Fsp3) is 0.294. The van der Waals surface area contributed by atoms with E-state index in [1.54, 1.807) is 17.0 Å². The van der Waals surface area contributed by atoms with Crippen LogP contribution in [-0.4, -0.2) is 27.5 Å². The van der Waals surface area contributed by atoms with Gasteiger partial charge in [0.15, 0.2) is 0 Å². The number of carbonyl (C=O) groups is 1. The van der Waals surface area contributed by atoms with Gasteiger partial charge in [0.1, 0.15) is 0 Å². The molecule has 114 valence electrons. The van der Waals surface area contributed by atoms with Gasteiger partial charge in [0.25, 0.3) is 5.91 Å². The molecule has 1 aromatic heterocycles. The Bertz CT molecular complexity index is 707. The number of carbonyl (C=O) groups excluding carboxylic acids is 1. The van der Waals surface area contributed by atoms with Gasteiger partial charge in [-0.25, -0.2) is 0 Å². The first-order valence-electron chi connectivity index (χ1n) is 7.37. The molecule has 0 aliphatic carbocycles. The molecule has 1 atom stereocenters. The van der Waals surface area contributed by atoms with Crippen molar-refractivity contribution in [1.82, 2.24) is 9.78 Å². The first kappa shape index (κ1) is 14.9. The number of aromatic nitrogens is 2. The van der Waals surface area contributed by atoms with Crippen molar-refractivity contribution in [2.75, 3.05) is 11.4 Å². The largest absolute Gasteiger partial charge is 0.308 e.